The number of rotatable bonds is 6. The zero-order chi connectivity index (χ0) is 23.4. The molecule has 4 rings (SSSR count). The molecule has 0 radical (unpaired) electrons. The van der Waals surface area contributed by atoms with Gasteiger partial charge in [-0.2, -0.15) is 15.0 Å². The van der Waals surface area contributed by atoms with E-state index in [1.54, 1.807) is 31.3 Å². The van der Waals surface area contributed by atoms with Crippen LogP contribution in [0, 0.1) is 12.7 Å². The number of hydrogen-bond acceptors (Lipinski definition) is 8. The molecule has 0 saturated carbocycles. The van der Waals surface area contributed by atoms with Crippen molar-refractivity contribution < 1.29 is 9.18 Å². The quantitative estimate of drug-likeness (QED) is 0.591. The first-order valence-electron chi connectivity index (χ1n) is 10.9. The number of nitrogens with one attached hydrogen (secondary N) is 2. The molecule has 0 bridgehead atoms. The molecule has 10 heteroatoms. The summed E-state index contributed by atoms with van der Waals surface area (Å²) >= 11 is 0. The summed E-state index contributed by atoms with van der Waals surface area (Å²) in [7, 11) is 2.09. The maximum absolute atomic E-state index is 14.2. The number of carbonyl (C=O) groups is 1. The van der Waals surface area contributed by atoms with E-state index < -0.39 is 11.7 Å². The van der Waals surface area contributed by atoms with Crippen LogP contribution >= 0.6 is 0 Å². The van der Waals surface area contributed by atoms with Gasteiger partial charge in [-0.15, -0.1) is 0 Å². The lowest BCUT2D eigenvalue weighted by molar-refractivity contribution is 0.102. The zero-order valence-electron chi connectivity index (χ0n) is 19.0. The van der Waals surface area contributed by atoms with Crippen LogP contribution in [0.1, 0.15) is 28.7 Å². The minimum Gasteiger partial charge on any atom is -0.338 e. The van der Waals surface area contributed by atoms with Gasteiger partial charge in [0.25, 0.3) is 5.91 Å². The van der Waals surface area contributed by atoms with Gasteiger partial charge in [-0.3, -0.25) is 4.79 Å². The summed E-state index contributed by atoms with van der Waals surface area (Å²) in [5.41, 5.74) is 1.12. The molecule has 1 amide bonds. The van der Waals surface area contributed by atoms with Crippen molar-refractivity contribution in [3.05, 3.63) is 59.3 Å². The number of likely N-dealkylation sites (N-methyl/N-ethyl adjacent to an activating group) is 1. The second-order valence-corrected chi connectivity index (χ2v) is 7.98. The lowest BCUT2D eigenvalue weighted by Crippen LogP contribution is -2.45. The van der Waals surface area contributed by atoms with E-state index in [0.717, 1.165) is 31.7 Å². The molecule has 0 spiro atoms. The monoisotopic (exact) mass is 450 g/mol. The highest BCUT2D eigenvalue weighted by Gasteiger charge is 2.20. The lowest BCUT2D eigenvalue weighted by Gasteiger charge is -2.32. The Morgan fingerprint density at radius 1 is 1.12 bits per heavy atom. The van der Waals surface area contributed by atoms with Crippen LogP contribution in [0.2, 0.25) is 0 Å². The SMILES string of the molecule is CCc1nc(Nc2ncccc2C(=O)Nc2ccc(C)cc2F)nc(N2CCN(C)CC2)n1. The molecule has 1 aliphatic rings. The van der Waals surface area contributed by atoms with E-state index in [9.17, 15) is 9.18 Å². The second kappa shape index (κ2) is 9.86. The third kappa shape index (κ3) is 5.40. The molecule has 0 unspecified atom stereocenters. The van der Waals surface area contributed by atoms with Crippen LogP contribution in [0.4, 0.5) is 27.8 Å². The number of carbonyl (C=O) groups excluding carboxylic acids is 1. The molecule has 3 aromatic rings. The molecular formula is C23H27FN8O. The van der Waals surface area contributed by atoms with Gasteiger partial charge >= 0.3 is 0 Å². The molecular weight excluding hydrogens is 423 g/mol. The average molecular weight is 451 g/mol. The number of piperazine rings is 1. The van der Waals surface area contributed by atoms with Gasteiger partial charge in [0.05, 0.1) is 11.3 Å². The Labute approximate surface area is 192 Å². The first-order chi connectivity index (χ1) is 15.9. The van der Waals surface area contributed by atoms with E-state index in [-0.39, 0.29) is 17.1 Å². The number of amides is 1. The fourth-order valence-corrected chi connectivity index (χ4v) is 3.47. The van der Waals surface area contributed by atoms with Gasteiger partial charge in [0, 0.05) is 38.8 Å². The van der Waals surface area contributed by atoms with Gasteiger partial charge in [-0.1, -0.05) is 13.0 Å². The van der Waals surface area contributed by atoms with Crippen LogP contribution in [-0.2, 0) is 6.42 Å². The van der Waals surface area contributed by atoms with E-state index in [1.807, 2.05) is 6.92 Å². The predicted octanol–water partition coefficient (Wildman–Crippen LogP) is 3.02. The summed E-state index contributed by atoms with van der Waals surface area (Å²) in [4.78, 5) is 35.2. The number of aryl methyl sites for hydroxylation is 2. The minimum absolute atomic E-state index is 0.103. The van der Waals surface area contributed by atoms with E-state index >= 15 is 0 Å². The van der Waals surface area contributed by atoms with Gasteiger partial charge in [-0.05, 0) is 43.8 Å². The summed E-state index contributed by atoms with van der Waals surface area (Å²) in [5.74, 6) is 0.845. The van der Waals surface area contributed by atoms with Crippen LogP contribution in [-0.4, -0.2) is 64.0 Å². The van der Waals surface area contributed by atoms with Crippen molar-refractivity contribution in [1.82, 2.24) is 24.8 Å². The van der Waals surface area contributed by atoms with Crippen molar-refractivity contribution in [2.75, 3.05) is 48.8 Å². The van der Waals surface area contributed by atoms with Crippen molar-refractivity contribution >= 4 is 29.3 Å². The molecule has 1 aromatic carbocycles. The van der Waals surface area contributed by atoms with Gasteiger partial charge < -0.3 is 20.4 Å². The summed E-state index contributed by atoms with van der Waals surface area (Å²) < 4.78 is 14.2. The average Bonchev–Trinajstić information content (AvgIpc) is 2.81. The third-order valence-corrected chi connectivity index (χ3v) is 5.43. The van der Waals surface area contributed by atoms with Crippen LogP contribution in [0.25, 0.3) is 0 Å². The second-order valence-electron chi connectivity index (χ2n) is 7.98. The van der Waals surface area contributed by atoms with Crippen LogP contribution < -0.4 is 15.5 Å². The standard InChI is InChI=1S/C23H27FN8O/c1-4-19-27-22(30-23(28-19)32-12-10-31(3)11-13-32)29-20-16(6-5-9-25-20)21(33)26-18-8-7-15(2)14-17(18)24/h5-9,14H,4,10-13H2,1-3H3,(H,26,33)(H,25,27,28,29,30). The Morgan fingerprint density at radius 3 is 2.64 bits per heavy atom. The molecule has 2 N–H and O–H groups in total. The van der Waals surface area contributed by atoms with E-state index in [0.29, 0.717) is 24.1 Å². The van der Waals surface area contributed by atoms with E-state index in [4.69, 9.17) is 0 Å². The van der Waals surface area contributed by atoms with Crippen LogP contribution in [0.5, 0.6) is 0 Å². The number of hydrogen-bond donors (Lipinski definition) is 2. The fraction of sp³-hybridized carbons (Fsp3) is 0.348. The molecule has 2 aromatic heterocycles. The lowest BCUT2D eigenvalue weighted by atomic mass is 10.2. The summed E-state index contributed by atoms with van der Waals surface area (Å²) in [5, 5.41) is 5.67. The van der Waals surface area contributed by atoms with Crippen molar-refractivity contribution in [2.24, 2.45) is 0 Å². The number of benzene rings is 1. The normalized spacial score (nSPS) is 14.2. The molecule has 172 valence electrons. The number of halogens is 1. The highest BCUT2D eigenvalue weighted by Crippen LogP contribution is 2.21. The molecule has 1 saturated heterocycles. The van der Waals surface area contributed by atoms with E-state index in [1.165, 1.54) is 12.1 Å². The first-order valence-corrected chi connectivity index (χ1v) is 10.9. The third-order valence-electron chi connectivity index (χ3n) is 5.43. The maximum Gasteiger partial charge on any atom is 0.259 e. The Hall–Kier alpha value is -3.66. The predicted molar refractivity (Wildman–Crippen MR) is 126 cm³/mol. The largest absolute Gasteiger partial charge is 0.338 e. The topological polar surface area (TPSA) is 99.2 Å². The molecule has 1 aliphatic heterocycles. The Kier molecular flexibility index (Phi) is 6.74. The Balaban J connectivity index is 1.58. The number of pyridine rings is 1. The molecule has 0 aliphatic carbocycles. The summed E-state index contributed by atoms with van der Waals surface area (Å²) in [6.45, 7) is 7.26. The zero-order valence-corrected chi connectivity index (χ0v) is 19.0. The summed E-state index contributed by atoms with van der Waals surface area (Å²) in [6.07, 6.45) is 2.20. The summed E-state index contributed by atoms with van der Waals surface area (Å²) in [6, 6.07) is 7.90. The minimum atomic E-state index is -0.497. The Bertz CT molecular complexity index is 1150. The number of anilines is 4. The van der Waals surface area contributed by atoms with Gasteiger partial charge in [-0.25, -0.2) is 9.37 Å². The molecule has 3 heterocycles. The smallest absolute Gasteiger partial charge is 0.259 e. The number of nitrogens with zero attached hydrogens (tertiary/aromatic N) is 6. The van der Waals surface area contributed by atoms with Crippen molar-refractivity contribution in [3.8, 4) is 0 Å². The number of aromatic nitrogens is 4. The van der Waals surface area contributed by atoms with Gasteiger partial charge in [0.1, 0.15) is 17.5 Å². The van der Waals surface area contributed by atoms with Gasteiger partial charge in [0.15, 0.2) is 0 Å². The molecule has 9 nitrogen and oxygen atoms in total. The van der Waals surface area contributed by atoms with Crippen LogP contribution in [0.3, 0.4) is 0 Å². The van der Waals surface area contributed by atoms with Crippen LogP contribution in [0.15, 0.2) is 36.5 Å². The maximum atomic E-state index is 14.2. The fourth-order valence-electron chi connectivity index (χ4n) is 3.47. The van der Waals surface area contributed by atoms with Crippen molar-refractivity contribution in [1.29, 1.82) is 0 Å². The van der Waals surface area contributed by atoms with Crippen molar-refractivity contribution in [2.45, 2.75) is 20.3 Å². The molecule has 0 atom stereocenters. The Morgan fingerprint density at radius 2 is 1.91 bits per heavy atom. The first kappa shape index (κ1) is 22.5. The van der Waals surface area contributed by atoms with Crippen molar-refractivity contribution in [3.63, 3.8) is 0 Å². The van der Waals surface area contributed by atoms with E-state index in [2.05, 4.69) is 47.4 Å². The highest BCUT2D eigenvalue weighted by atomic mass is 19.1. The molecule has 1 fully saturated rings. The molecule has 33 heavy (non-hydrogen) atoms. The highest BCUT2D eigenvalue weighted by molar-refractivity contribution is 6.07. The van der Waals surface area contributed by atoms with Gasteiger partial charge in [0.2, 0.25) is 11.9 Å².